The second-order valence-electron chi connectivity index (χ2n) is 4.90. The molecule has 1 amide bonds. The molecule has 0 aliphatic rings. The van der Waals surface area contributed by atoms with Gasteiger partial charge in [0, 0.05) is 5.69 Å². The van der Waals surface area contributed by atoms with Crippen molar-refractivity contribution >= 4 is 17.7 Å². The lowest BCUT2D eigenvalue weighted by Crippen LogP contribution is -2.13. The average molecular weight is 276 g/mol. The summed E-state index contributed by atoms with van der Waals surface area (Å²) in [5.74, 6) is -0.399. The van der Waals surface area contributed by atoms with Crippen LogP contribution in [0.2, 0.25) is 0 Å². The zero-order valence-electron chi connectivity index (χ0n) is 12.1. The number of aryl methyl sites for hydroxylation is 2. The number of amides is 1. The quantitative estimate of drug-likeness (QED) is 0.684. The SMILES string of the molecule is Cc1ccc(/C=C(/C#N)C(=O)Nc2cccc(C)c2)cc1. The molecule has 0 aromatic heterocycles. The summed E-state index contributed by atoms with van der Waals surface area (Å²) in [7, 11) is 0. The van der Waals surface area contributed by atoms with E-state index >= 15 is 0 Å². The van der Waals surface area contributed by atoms with E-state index in [0.29, 0.717) is 5.69 Å². The predicted molar refractivity (Wildman–Crippen MR) is 84.6 cm³/mol. The van der Waals surface area contributed by atoms with Crippen LogP contribution in [-0.2, 0) is 4.79 Å². The molecule has 0 saturated heterocycles. The Balaban J connectivity index is 2.19. The average Bonchev–Trinajstić information content (AvgIpc) is 2.46. The van der Waals surface area contributed by atoms with Gasteiger partial charge in [-0.1, -0.05) is 42.0 Å². The van der Waals surface area contributed by atoms with Gasteiger partial charge in [0.05, 0.1) is 0 Å². The maximum absolute atomic E-state index is 12.1. The summed E-state index contributed by atoms with van der Waals surface area (Å²) in [6, 6.07) is 17.1. The number of hydrogen-bond donors (Lipinski definition) is 1. The standard InChI is InChI=1S/C18H16N2O/c1-13-6-8-15(9-7-13)11-16(12-19)18(21)20-17-5-3-4-14(2)10-17/h3-11H,1-2H3,(H,20,21)/b16-11-. The number of nitrogens with zero attached hydrogens (tertiary/aromatic N) is 1. The molecule has 0 spiro atoms. The van der Waals surface area contributed by atoms with E-state index in [9.17, 15) is 4.79 Å². The molecular formula is C18H16N2O. The van der Waals surface area contributed by atoms with Crippen LogP contribution in [0.3, 0.4) is 0 Å². The van der Waals surface area contributed by atoms with Crippen LogP contribution in [-0.4, -0.2) is 5.91 Å². The van der Waals surface area contributed by atoms with Gasteiger partial charge in [-0.3, -0.25) is 4.79 Å². The zero-order chi connectivity index (χ0) is 15.2. The largest absolute Gasteiger partial charge is 0.321 e. The predicted octanol–water partition coefficient (Wildman–Crippen LogP) is 3.85. The lowest BCUT2D eigenvalue weighted by molar-refractivity contribution is -0.112. The van der Waals surface area contributed by atoms with Crippen molar-refractivity contribution in [3.63, 3.8) is 0 Å². The molecule has 0 saturated carbocycles. The van der Waals surface area contributed by atoms with E-state index in [0.717, 1.165) is 16.7 Å². The summed E-state index contributed by atoms with van der Waals surface area (Å²) in [5, 5.41) is 11.9. The maximum atomic E-state index is 12.1. The molecule has 3 nitrogen and oxygen atoms in total. The minimum absolute atomic E-state index is 0.0837. The minimum atomic E-state index is -0.399. The van der Waals surface area contributed by atoms with E-state index < -0.39 is 5.91 Å². The van der Waals surface area contributed by atoms with Crippen molar-refractivity contribution in [2.75, 3.05) is 5.32 Å². The molecule has 0 aliphatic heterocycles. The number of benzene rings is 2. The van der Waals surface area contributed by atoms with E-state index in [1.54, 1.807) is 12.1 Å². The van der Waals surface area contributed by atoms with Crippen LogP contribution < -0.4 is 5.32 Å². The van der Waals surface area contributed by atoms with Crippen molar-refractivity contribution in [3.05, 3.63) is 70.8 Å². The van der Waals surface area contributed by atoms with Crippen LogP contribution in [0.5, 0.6) is 0 Å². The number of nitriles is 1. The first-order valence-electron chi connectivity index (χ1n) is 6.65. The molecule has 2 aromatic carbocycles. The highest BCUT2D eigenvalue weighted by Gasteiger charge is 2.09. The molecule has 0 aliphatic carbocycles. The fraction of sp³-hybridized carbons (Fsp3) is 0.111. The van der Waals surface area contributed by atoms with E-state index in [1.807, 2.05) is 62.4 Å². The molecule has 2 rings (SSSR count). The Morgan fingerprint density at radius 3 is 2.43 bits per heavy atom. The normalized spacial score (nSPS) is 10.8. The summed E-state index contributed by atoms with van der Waals surface area (Å²) in [4.78, 5) is 12.1. The Bertz CT molecular complexity index is 722. The number of rotatable bonds is 3. The van der Waals surface area contributed by atoms with Gasteiger partial charge in [0.15, 0.2) is 0 Å². The molecule has 104 valence electrons. The second kappa shape index (κ2) is 6.53. The van der Waals surface area contributed by atoms with E-state index in [2.05, 4.69) is 5.32 Å². The maximum Gasteiger partial charge on any atom is 0.266 e. The Hall–Kier alpha value is -2.86. The molecule has 0 radical (unpaired) electrons. The molecule has 21 heavy (non-hydrogen) atoms. The van der Waals surface area contributed by atoms with Gasteiger partial charge < -0.3 is 5.32 Å². The summed E-state index contributed by atoms with van der Waals surface area (Å²) in [6.07, 6.45) is 1.59. The highest BCUT2D eigenvalue weighted by molar-refractivity contribution is 6.09. The van der Waals surface area contributed by atoms with Crippen LogP contribution in [0.15, 0.2) is 54.1 Å². The van der Waals surface area contributed by atoms with Crippen molar-refractivity contribution in [2.24, 2.45) is 0 Å². The van der Waals surface area contributed by atoms with Gasteiger partial charge in [-0.15, -0.1) is 0 Å². The van der Waals surface area contributed by atoms with Crippen LogP contribution in [0.1, 0.15) is 16.7 Å². The number of carbonyl (C=O) groups excluding carboxylic acids is 1. The van der Waals surface area contributed by atoms with E-state index in [1.165, 1.54) is 0 Å². The van der Waals surface area contributed by atoms with Gasteiger partial charge in [-0.2, -0.15) is 5.26 Å². The van der Waals surface area contributed by atoms with Gasteiger partial charge in [0.25, 0.3) is 5.91 Å². The van der Waals surface area contributed by atoms with Crippen molar-refractivity contribution in [1.29, 1.82) is 5.26 Å². The fourth-order valence-electron chi connectivity index (χ4n) is 1.90. The van der Waals surface area contributed by atoms with Gasteiger partial charge in [-0.05, 0) is 43.2 Å². The molecule has 0 atom stereocenters. The molecular weight excluding hydrogens is 260 g/mol. The number of carbonyl (C=O) groups is 1. The summed E-state index contributed by atoms with van der Waals surface area (Å²) >= 11 is 0. The van der Waals surface area contributed by atoms with E-state index in [4.69, 9.17) is 5.26 Å². The smallest absolute Gasteiger partial charge is 0.266 e. The zero-order valence-corrected chi connectivity index (χ0v) is 12.1. The lowest BCUT2D eigenvalue weighted by atomic mass is 10.1. The van der Waals surface area contributed by atoms with Crippen LogP contribution in [0.25, 0.3) is 6.08 Å². The molecule has 2 aromatic rings. The third-order valence-electron chi connectivity index (χ3n) is 3.03. The molecule has 0 heterocycles. The monoisotopic (exact) mass is 276 g/mol. The third-order valence-corrected chi connectivity index (χ3v) is 3.03. The van der Waals surface area contributed by atoms with Gasteiger partial charge >= 0.3 is 0 Å². The lowest BCUT2D eigenvalue weighted by Gasteiger charge is -2.05. The number of anilines is 1. The molecule has 3 heteroatoms. The highest BCUT2D eigenvalue weighted by Crippen LogP contribution is 2.13. The number of nitrogens with one attached hydrogen (secondary N) is 1. The molecule has 1 N–H and O–H groups in total. The van der Waals surface area contributed by atoms with Gasteiger partial charge in [0.1, 0.15) is 11.6 Å². The van der Waals surface area contributed by atoms with Crippen molar-refractivity contribution in [2.45, 2.75) is 13.8 Å². The molecule has 0 fully saturated rings. The van der Waals surface area contributed by atoms with Crippen LogP contribution in [0, 0.1) is 25.2 Å². The third kappa shape index (κ3) is 4.05. The van der Waals surface area contributed by atoms with Crippen molar-refractivity contribution in [1.82, 2.24) is 0 Å². The van der Waals surface area contributed by atoms with Gasteiger partial charge in [-0.25, -0.2) is 0 Å². The van der Waals surface area contributed by atoms with Crippen LogP contribution in [0.4, 0.5) is 5.69 Å². The Kier molecular flexibility index (Phi) is 4.53. The first kappa shape index (κ1) is 14.5. The van der Waals surface area contributed by atoms with Crippen molar-refractivity contribution in [3.8, 4) is 6.07 Å². The van der Waals surface area contributed by atoms with Crippen molar-refractivity contribution < 1.29 is 4.79 Å². The molecule has 0 bridgehead atoms. The molecule has 0 unspecified atom stereocenters. The Labute approximate surface area is 124 Å². The van der Waals surface area contributed by atoms with E-state index in [-0.39, 0.29) is 5.57 Å². The first-order valence-corrected chi connectivity index (χ1v) is 6.65. The summed E-state index contributed by atoms with van der Waals surface area (Å²) in [6.45, 7) is 3.94. The topological polar surface area (TPSA) is 52.9 Å². The Morgan fingerprint density at radius 1 is 1.10 bits per heavy atom. The summed E-state index contributed by atoms with van der Waals surface area (Å²) < 4.78 is 0. The fourth-order valence-corrected chi connectivity index (χ4v) is 1.90. The summed E-state index contributed by atoms with van der Waals surface area (Å²) in [5.41, 5.74) is 3.78. The minimum Gasteiger partial charge on any atom is -0.321 e. The van der Waals surface area contributed by atoms with Crippen LogP contribution >= 0.6 is 0 Å². The number of hydrogen-bond acceptors (Lipinski definition) is 2. The Morgan fingerprint density at radius 2 is 1.81 bits per heavy atom. The second-order valence-corrected chi connectivity index (χ2v) is 4.90. The highest BCUT2D eigenvalue weighted by atomic mass is 16.1. The first-order chi connectivity index (χ1) is 10.1. The van der Waals surface area contributed by atoms with Gasteiger partial charge in [0.2, 0.25) is 0 Å².